The third-order valence-electron chi connectivity index (χ3n) is 3.85. The Bertz CT molecular complexity index is 545. The van der Waals surface area contributed by atoms with E-state index >= 15 is 0 Å². The number of rotatable bonds is 5. The van der Waals surface area contributed by atoms with Crippen molar-refractivity contribution in [2.24, 2.45) is 5.92 Å². The maximum Gasteiger partial charge on any atom is 0.328 e. The molecule has 0 spiro atoms. The van der Waals surface area contributed by atoms with Gasteiger partial charge in [0.25, 0.3) is 0 Å². The van der Waals surface area contributed by atoms with Gasteiger partial charge in [-0.3, -0.25) is 0 Å². The SMILES string of the molecule is CN1CCC(CN(C)c2cccc(F)c2/C=C/C(=O)O)C1. The number of hydrogen-bond acceptors (Lipinski definition) is 3. The van der Waals surface area contributed by atoms with E-state index in [-0.39, 0.29) is 0 Å². The Balaban J connectivity index is 2.18. The number of halogens is 1. The van der Waals surface area contributed by atoms with Crippen LogP contribution in [0.2, 0.25) is 0 Å². The number of nitrogens with zero attached hydrogens (tertiary/aromatic N) is 2. The summed E-state index contributed by atoms with van der Waals surface area (Å²) in [5.41, 5.74) is 1.05. The highest BCUT2D eigenvalue weighted by molar-refractivity contribution is 5.87. The van der Waals surface area contributed by atoms with Crippen LogP contribution in [0.1, 0.15) is 12.0 Å². The Morgan fingerprint density at radius 2 is 2.33 bits per heavy atom. The average molecular weight is 292 g/mol. The zero-order valence-corrected chi connectivity index (χ0v) is 12.4. The first kappa shape index (κ1) is 15.5. The topological polar surface area (TPSA) is 43.8 Å². The fourth-order valence-electron chi connectivity index (χ4n) is 2.84. The molecule has 0 aromatic heterocycles. The molecule has 1 atom stereocenters. The van der Waals surface area contributed by atoms with E-state index in [4.69, 9.17) is 5.11 Å². The molecule has 1 aromatic rings. The summed E-state index contributed by atoms with van der Waals surface area (Å²) in [6.07, 6.45) is 3.43. The summed E-state index contributed by atoms with van der Waals surface area (Å²) in [5, 5.41) is 8.73. The van der Waals surface area contributed by atoms with Crippen LogP contribution < -0.4 is 4.90 Å². The summed E-state index contributed by atoms with van der Waals surface area (Å²) in [4.78, 5) is 14.9. The van der Waals surface area contributed by atoms with E-state index in [0.29, 0.717) is 11.5 Å². The summed E-state index contributed by atoms with van der Waals surface area (Å²) in [6.45, 7) is 2.97. The molecule has 1 aromatic carbocycles. The lowest BCUT2D eigenvalue weighted by atomic mass is 10.1. The van der Waals surface area contributed by atoms with Crippen molar-refractivity contribution >= 4 is 17.7 Å². The molecule has 0 aliphatic carbocycles. The second-order valence-electron chi connectivity index (χ2n) is 5.64. The highest BCUT2D eigenvalue weighted by Gasteiger charge is 2.21. The van der Waals surface area contributed by atoms with Gasteiger partial charge in [-0.15, -0.1) is 0 Å². The number of hydrogen-bond donors (Lipinski definition) is 1. The summed E-state index contributed by atoms with van der Waals surface area (Å²) < 4.78 is 14.0. The van der Waals surface area contributed by atoms with Crippen LogP contribution in [0.4, 0.5) is 10.1 Å². The molecule has 1 N–H and O–H groups in total. The first-order valence-electron chi connectivity index (χ1n) is 7.06. The fourth-order valence-corrected chi connectivity index (χ4v) is 2.84. The molecule has 1 aliphatic rings. The lowest BCUT2D eigenvalue weighted by Gasteiger charge is -2.25. The standard InChI is InChI=1S/C16H21FN2O2/c1-18-9-8-12(10-18)11-19(2)15-5-3-4-14(17)13(15)6-7-16(20)21/h3-7,12H,8-11H2,1-2H3,(H,20,21)/b7-6+. The van der Waals surface area contributed by atoms with Gasteiger partial charge in [-0.05, 0) is 44.1 Å². The van der Waals surface area contributed by atoms with E-state index in [1.165, 1.54) is 12.1 Å². The van der Waals surface area contributed by atoms with E-state index in [9.17, 15) is 9.18 Å². The smallest absolute Gasteiger partial charge is 0.328 e. The Labute approximate surface area is 124 Å². The Kier molecular flexibility index (Phi) is 4.96. The highest BCUT2D eigenvalue weighted by atomic mass is 19.1. The summed E-state index contributed by atoms with van der Waals surface area (Å²) in [6, 6.07) is 4.82. The van der Waals surface area contributed by atoms with Crippen LogP contribution in [0.25, 0.3) is 6.08 Å². The number of carbonyl (C=O) groups is 1. The van der Waals surface area contributed by atoms with Gasteiger partial charge in [0.2, 0.25) is 0 Å². The Morgan fingerprint density at radius 1 is 1.57 bits per heavy atom. The molecule has 1 unspecified atom stereocenters. The van der Waals surface area contributed by atoms with Gasteiger partial charge in [-0.25, -0.2) is 9.18 Å². The van der Waals surface area contributed by atoms with Crippen molar-refractivity contribution in [2.75, 3.05) is 38.6 Å². The lowest BCUT2D eigenvalue weighted by molar-refractivity contribution is -0.131. The maximum atomic E-state index is 14.0. The normalized spacial score (nSPS) is 19.3. The molecular formula is C16H21FN2O2. The van der Waals surface area contributed by atoms with Crippen LogP contribution in [0.15, 0.2) is 24.3 Å². The lowest BCUT2D eigenvalue weighted by Crippen LogP contribution is -2.27. The monoisotopic (exact) mass is 292 g/mol. The van der Waals surface area contributed by atoms with Crippen molar-refractivity contribution in [3.8, 4) is 0 Å². The van der Waals surface area contributed by atoms with Gasteiger partial charge < -0.3 is 14.9 Å². The Morgan fingerprint density at radius 3 is 2.95 bits per heavy atom. The van der Waals surface area contributed by atoms with Crippen LogP contribution in [-0.2, 0) is 4.79 Å². The quantitative estimate of drug-likeness (QED) is 0.846. The van der Waals surface area contributed by atoms with Crippen LogP contribution in [0.3, 0.4) is 0 Å². The number of carboxylic acids is 1. The van der Waals surface area contributed by atoms with Gasteiger partial charge in [0.1, 0.15) is 5.82 Å². The summed E-state index contributed by atoms with van der Waals surface area (Å²) in [7, 11) is 4.02. The van der Waals surface area contributed by atoms with Crippen molar-refractivity contribution in [2.45, 2.75) is 6.42 Å². The van der Waals surface area contributed by atoms with Gasteiger partial charge in [-0.1, -0.05) is 6.07 Å². The number of aliphatic carboxylic acids is 1. The molecule has 1 aliphatic heterocycles. The highest BCUT2D eigenvalue weighted by Crippen LogP contribution is 2.26. The van der Waals surface area contributed by atoms with Crippen LogP contribution in [0, 0.1) is 11.7 Å². The van der Waals surface area contributed by atoms with Crippen molar-refractivity contribution in [1.82, 2.24) is 4.90 Å². The number of likely N-dealkylation sites (tertiary alicyclic amines) is 1. The predicted octanol–water partition coefficient (Wildman–Crippen LogP) is 2.31. The second-order valence-corrected chi connectivity index (χ2v) is 5.64. The largest absolute Gasteiger partial charge is 0.478 e. The van der Waals surface area contributed by atoms with Crippen LogP contribution in [0.5, 0.6) is 0 Å². The van der Waals surface area contributed by atoms with Crippen LogP contribution in [-0.4, -0.2) is 49.7 Å². The molecule has 4 nitrogen and oxygen atoms in total. The molecule has 0 bridgehead atoms. The van der Waals surface area contributed by atoms with E-state index in [1.807, 2.05) is 18.0 Å². The molecule has 0 amide bonds. The number of benzene rings is 1. The molecule has 5 heteroatoms. The predicted molar refractivity (Wildman–Crippen MR) is 81.9 cm³/mol. The minimum Gasteiger partial charge on any atom is -0.478 e. The van der Waals surface area contributed by atoms with E-state index < -0.39 is 11.8 Å². The molecular weight excluding hydrogens is 271 g/mol. The van der Waals surface area contributed by atoms with Crippen LogP contribution >= 0.6 is 0 Å². The maximum absolute atomic E-state index is 14.0. The molecule has 0 radical (unpaired) electrons. The average Bonchev–Trinajstić information content (AvgIpc) is 2.82. The molecule has 1 saturated heterocycles. The second kappa shape index (κ2) is 6.72. The van der Waals surface area contributed by atoms with Gasteiger partial charge >= 0.3 is 5.97 Å². The van der Waals surface area contributed by atoms with E-state index in [1.54, 1.807) is 6.07 Å². The van der Waals surface area contributed by atoms with E-state index in [0.717, 1.165) is 37.8 Å². The third kappa shape index (κ3) is 4.04. The zero-order chi connectivity index (χ0) is 15.4. The van der Waals surface area contributed by atoms with Gasteiger partial charge in [-0.2, -0.15) is 0 Å². The molecule has 1 heterocycles. The van der Waals surface area contributed by atoms with Crippen molar-refractivity contribution < 1.29 is 14.3 Å². The third-order valence-corrected chi connectivity index (χ3v) is 3.85. The molecule has 2 rings (SSSR count). The molecule has 1 fully saturated rings. The molecule has 21 heavy (non-hydrogen) atoms. The van der Waals surface area contributed by atoms with Gasteiger partial charge in [0, 0.05) is 37.5 Å². The van der Waals surface area contributed by atoms with Crippen molar-refractivity contribution in [3.63, 3.8) is 0 Å². The summed E-state index contributed by atoms with van der Waals surface area (Å²) >= 11 is 0. The first-order valence-corrected chi connectivity index (χ1v) is 7.06. The van der Waals surface area contributed by atoms with Gasteiger partial charge in [0.15, 0.2) is 0 Å². The Hall–Kier alpha value is -1.88. The number of carboxylic acid groups (broad SMARTS) is 1. The van der Waals surface area contributed by atoms with Crippen molar-refractivity contribution in [1.29, 1.82) is 0 Å². The number of anilines is 1. The summed E-state index contributed by atoms with van der Waals surface area (Å²) in [5.74, 6) is -0.927. The fraction of sp³-hybridized carbons (Fsp3) is 0.438. The molecule has 114 valence electrons. The van der Waals surface area contributed by atoms with E-state index in [2.05, 4.69) is 11.9 Å². The minimum atomic E-state index is -1.08. The van der Waals surface area contributed by atoms with Gasteiger partial charge in [0.05, 0.1) is 0 Å². The molecule has 0 saturated carbocycles. The zero-order valence-electron chi connectivity index (χ0n) is 12.4. The van der Waals surface area contributed by atoms with Crippen molar-refractivity contribution in [3.05, 3.63) is 35.7 Å². The first-order chi connectivity index (χ1) is 9.97. The minimum absolute atomic E-state index is 0.328.